The van der Waals surface area contributed by atoms with E-state index in [1.54, 1.807) is 15.9 Å². The molecule has 182 valence electrons. The Bertz CT molecular complexity index is 997. The van der Waals surface area contributed by atoms with E-state index in [-0.39, 0.29) is 24.5 Å². The molecule has 1 fully saturated rings. The molecular weight excluding hydrogens is 428 g/mol. The second-order valence-corrected chi connectivity index (χ2v) is 9.75. The number of likely N-dealkylation sites (N-methyl/N-ethyl adjacent to an activating group) is 1. The number of rotatable bonds is 7. The molecule has 0 radical (unpaired) electrons. The van der Waals surface area contributed by atoms with Crippen LogP contribution >= 0.6 is 0 Å². The van der Waals surface area contributed by atoms with Crippen LogP contribution in [0.25, 0.3) is 6.08 Å². The molecule has 2 aromatic carbocycles. The SMILES string of the molecule is C=Cc1ccc(OCc2ccccc2)c(CC(=O)N(C)[C@@H]2CCCN(C(=O)OC(C)(C)C)C2)c1. The minimum Gasteiger partial charge on any atom is -0.489 e. The number of hydrogen-bond acceptors (Lipinski definition) is 4. The summed E-state index contributed by atoms with van der Waals surface area (Å²) in [5.74, 6) is 0.678. The fourth-order valence-electron chi connectivity index (χ4n) is 4.00. The molecule has 1 heterocycles. The topological polar surface area (TPSA) is 59.1 Å². The molecule has 6 nitrogen and oxygen atoms in total. The van der Waals surface area contributed by atoms with Crippen molar-refractivity contribution in [2.45, 2.75) is 58.3 Å². The molecule has 1 aliphatic rings. The van der Waals surface area contributed by atoms with Crippen LogP contribution in [0.15, 0.2) is 55.1 Å². The molecule has 0 aromatic heterocycles. The molecule has 0 N–H and O–H groups in total. The maximum Gasteiger partial charge on any atom is 0.410 e. The van der Waals surface area contributed by atoms with Crippen molar-refractivity contribution in [3.8, 4) is 5.75 Å². The van der Waals surface area contributed by atoms with Gasteiger partial charge in [-0.3, -0.25) is 4.79 Å². The van der Waals surface area contributed by atoms with Crippen LogP contribution in [0.3, 0.4) is 0 Å². The van der Waals surface area contributed by atoms with E-state index in [1.165, 1.54) is 0 Å². The predicted molar refractivity (Wildman–Crippen MR) is 135 cm³/mol. The molecule has 0 unspecified atom stereocenters. The molecule has 0 spiro atoms. The summed E-state index contributed by atoms with van der Waals surface area (Å²) in [5, 5.41) is 0. The summed E-state index contributed by atoms with van der Waals surface area (Å²) >= 11 is 0. The largest absolute Gasteiger partial charge is 0.489 e. The third kappa shape index (κ3) is 7.11. The minimum absolute atomic E-state index is 0.0122. The van der Waals surface area contributed by atoms with Gasteiger partial charge in [0.05, 0.1) is 6.42 Å². The molecule has 6 heteroatoms. The molecule has 1 saturated heterocycles. The molecule has 1 aliphatic heterocycles. The van der Waals surface area contributed by atoms with Crippen molar-refractivity contribution in [3.05, 3.63) is 71.8 Å². The van der Waals surface area contributed by atoms with Gasteiger partial charge in [-0.2, -0.15) is 0 Å². The first-order valence-corrected chi connectivity index (χ1v) is 11.8. The lowest BCUT2D eigenvalue weighted by atomic mass is 10.0. The maximum absolute atomic E-state index is 13.3. The number of carbonyl (C=O) groups is 2. The highest BCUT2D eigenvalue weighted by molar-refractivity contribution is 5.80. The van der Waals surface area contributed by atoms with Gasteiger partial charge >= 0.3 is 6.09 Å². The molecule has 0 saturated carbocycles. The Morgan fingerprint density at radius 2 is 1.91 bits per heavy atom. The molecule has 0 aliphatic carbocycles. The van der Waals surface area contributed by atoms with Gasteiger partial charge in [0.25, 0.3) is 0 Å². The van der Waals surface area contributed by atoms with Crippen LogP contribution in [-0.2, 0) is 22.6 Å². The quantitative estimate of drug-likeness (QED) is 0.557. The zero-order valence-electron chi connectivity index (χ0n) is 20.8. The Kier molecular flexibility index (Phi) is 8.37. The van der Waals surface area contributed by atoms with Crippen LogP contribution in [0.1, 0.15) is 50.3 Å². The third-order valence-corrected chi connectivity index (χ3v) is 5.89. The fourth-order valence-corrected chi connectivity index (χ4v) is 4.00. The van der Waals surface area contributed by atoms with Crippen molar-refractivity contribution in [1.29, 1.82) is 0 Å². The number of carbonyl (C=O) groups excluding carboxylic acids is 2. The Labute approximate surface area is 203 Å². The Morgan fingerprint density at radius 3 is 2.59 bits per heavy atom. The van der Waals surface area contributed by atoms with Gasteiger partial charge in [-0.25, -0.2) is 4.79 Å². The Balaban J connectivity index is 1.67. The molecule has 34 heavy (non-hydrogen) atoms. The van der Waals surface area contributed by atoms with Crippen molar-refractivity contribution >= 4 is 18.1 Å². The van der Waals surface area contributed by atoms with Gasteiger partial charge in [-0.1, -0.05) is 49.1 Å². The van der Waals surface area contributed by atoms with Crippen molar-refractivity contribution < 1.29 is 19.1 Å². The summed E-state index contributed by atoms with van der Waals surface area (Å²) in [6.45, 7) is 11.0. The highest BCUT2D eigenvalue weighted by Crippen LogP contribution is 2.25. The van der Waals surface area contributed by atoms with Gasteiger partial charge in [0.2, 0.25) is 5.91 Å². The zero-order valence-corrected chi connectivity index (χ0v) is 20.8. The zero-order chi connectivity index (χ0) is 24.7. The van der Waals surface area contributed by atoms with E-state index in [4.69, 9.17) is 9.47 Å². The molecule has 3 rings (SSSR count). The summed E-state index contributed by atoms with van der Waals surface area (Å²) in [4.78, 5) is 29.2. The van der Waals surface area contributed by atoms with E-state index >= 15 is 0 Å². The fraction of sp³-hybridized carbons (Fsp3) is 0.429. The second kappa shape index (κ2) is 11.2. The Hall–Kier alpha value is -3.28. The van der Waals surface area contributed by atoms with Crippen molar-refractivity contribution in [1.82, 2.24) is 9.80 Å². The maximum atomic E-state index is 13.3. The summed E-state index contributed by atoms with van der Waals surface area (Å²) in [7, 11) is 1.81. The van der Waals surface area contributed by atoms with E-state index in [9.17, 15) is 9.59 Å². The lowest BCUT2D eigenvalue weighted by Gasteiger charge is -2.38. The average molecular weight is 465 g/mol. The monoisotopic (exact) mass is 464 g/mol. The lowest BCUT2D eigenvalue weighted by molar-refractivity contribution is -0.132. The Morgan fingerprint density at radius 1 is 1.18 bits per heavy atom. The van der Waals surface area contributed by atoms with Crippen LogP contribution < -0.4 is 4.74 Å². The van der Waals surface area contributed by atoms with Gasteiger partial charge in [-0.05, 0) is 56.9 Å². The standard InChI is InChI=1S/C28H36N2O4/c1-6-21-14-15-25(33-20-22-11-8-7-9-12-22)23(17-21)18-26(31)29(5)24-13-10-16-30(19-24)27(32)34-28(2,3)4/h6-9,11-12,14-15,17,24H,1,10,13,16,18-20H2,2-5H3/t24-/m1/s1. The normalized spacial score (nSPS) is 16.0. The molecule has 0 bridgehead atoms. The third-order valence-electron chi connectivity index (χ3n) is 5.89. The molecule has 2 aromatic rings. The van der Waals surface area contributed by atoms with Crippen LogP contribution in [0, 0.1) is 0 Å². The number of likely N-dealkylation sites (tertiary alicyclic amines) is 1. The second-order valence-electron chi connectivity index (χ2n) is 9.75. The van der Waals surface area contributed by atoms with Crippen LogP contribution in [-0.4, -0.2) is 53.6 Å². The van der Waals surface area contributed by atoms with E-state index in [2.05, 4.69) is 6.58 Å². The van der Waals surface area contributed by atoms with E-state index in [0.29, 0.717) is 25.4 Å². The first-order chi connectivity index (χ1) is 16.2. The molecular formula is C28H36N2O4. The number of amides is 2. The van der Waals surface area contributed by atoms with Gasteiger partial charge in [-0.15, -0.1) is 0 Å². The molecule has 2 amide bonds. The summed E-state index contributed by atoms with van der Waals surface area (Å²) in [6.07, 6.45) is 3.34. The molecule has 1 atom stereocenters. The van der Waals surface area contributed by atoms with Crippen LogP contribution in [0.4, 0.5) is 4.79 Å². The first kappa shape index (κ1) is 25.3. The van der Waals surface area contributed by atoms with Crippen LogP contribution in [0.2, 0.25) is 0 Å². The van der Waals surface area contributed by atoms with Crippen molar-refractivity contribution in [3.63, 3.8) is 0 Å². The van der Waals surface area contributed by atoms with E-state index in [0.717, 1.165) is 29.5 Å². The summed E-state index contributed by atoms with van der Waals surface area (Å²) in [5.41, 5.74) is 2.28. The predicted octanol–water partition coefficient (Wildman–Crippen LogP) is 5.31. The minimum atomic E-state index is -0.544. The van der Waals surface area contributed by atoms with Gasteiger partial charge in [0, 0.05) is 31.7 Å². The van der Waals surface area contributed by atoms with Gasteiger partial charge < -0.3 is 19.3 Å². The summed E-state index contributed by atoms with van der Waals surface area (Å²) in [6, 6.07) is 15.7. The number of hydrogen-bond donors (Lipinski definition) is 0. The highest BCUT2D eigenvalue weighted by Gasteiger charge is 2.31. The van der Waals surface area contributed by atoms with E-state index in [1.807, 2.05) is 76.3 Å². The number of ether oxygens (including phenoxy) is 2. The van der Waals surface area contributed by atoms with Crippen molar-refractivity contribution in [2.75, 3.05) is 20.1 Å². The van der Waals surface area contributed by atoms with Gasteiger partial charge in [0.15, 0.2) is 0 Å². The average Bonchev–Trinajstić information content (AvgIpc) is 2.82. The first-order valence-electron chi connectivity index (χ1n) is 11.8. The van der Waals surface area contributed by atoms with E-state index < -0.39 is 5.60 Å². The number of benzene rings is 2. The number of nitrogens with zero attached hydrogens (tertiary/aromatic N) is 2. The van der Waals surface area contributed by atoms with Crippen molar-refractivity contribution in [2.24, 2.45) is 0 Å². The van der Waals surface area contributed by atoms with Gasteiger partial charge in [0.1, 0.15) is 18.0 Å². The number of piperidine rings is 1. The highest BCUT2D eigenvalue weighted by atomic mass is 16.6. The smallest absolute Gasteiger partial charge is 0.410 e. The summed E-state index contributed by atoms with van der Waals surface area (Å²) < 4.78 is 11.6. The van der Waals surface area contributed by atoms with Crippen LogP contribution in [0.5, 0.6) is 5.75 Å². The lowest BCUT2D eigenvalue weighted by Crippen LogP contribution is -2.51.